The number of aliphatic imine (C=N–C) groups is 1. The predicted molar refractivity (Wildman–Crippen MR) is 127 cm³/mol. The first kappa shape index (κ1) is 23.6. The molecule has 2 N–H and O–H groups in total. The number of benzene rings is 1. The van der Waals surface area contributed by atoms with E-state index in [1.165, 1.54) is 30.4 Å². The van der Waals surface area contributed by atoms with E-state index in [9.17, 15) is 0 Å². The SMILES string of the molecule is CCN(CC)Cc1cccc(CNC(=NC)NC2CCC(SC)C2)c1.I. The number of hydrogen-bond acceptors (Lipinski definition) is 3. The fourth-order valence-corrected chi connectivity index (χ4v) is 4.20. The zero-order valence-corrected chi connectivity index (χ0v) is 19.8. The van der Waals surface area contributed by atoms with Crippen LogP contribution in [-0.2, 0) is 13.1 Å². The van der Waals surface area contributed by atoms with Gasteiger partial charge in [-0.05, 0) is 49.7 Å². The number of thioether (sulfide) groups is 1. The summed E-state index contributed by atoms with van der Waals surface area (Å²) in [6.45, 7) is 8.45. The van der Waals surface area contributed by atoms with Crippen molar-refractivity contribution >= 4 is 41.7 Å². The van der Waals surface area contributed by atoms with E-state index in [4.69, 9.17) is 0 Å². The highest BCUT2D eigenvalue weighted by Gasteiger charge is 2.24. The van der Waals surface area contributed by atoms with E-state index >= 15 is 0 Å². The van der Waals surface area contributed by atoms with Crippen molar-refractivity contribution in [1.82, 2.24) is 15.5 Å². The summed E-state index contributed by atoms with van der Waals surface area (Å²) in [4.78, 5) is 6.83. The lowest BCUT2D eigenvalue weighted by Crippen LogP contribution is -2.42. The summed E-state index contributed by atoms with van der Waals surface area (Å²) in [5.41, 5.74) is 2.69. The van der Waals surface area contributed by atoms with Crippen LogP contribution in [0, 0.1) is 0 Å². The van der Waals surface area contributed by atoms with E-state index in [0.29, 0.717) is 6.04 Å². The van der Waals surface area contributed by atoms with Crippen molar-refractivity contribution < 1.29 is 0 Å². The average molecular weight is 490 g/mol. The molecule has 0 heterocycles. The Morgan fingerprint density at radius 1 is 1.23 bits per heavy atom. The number of hydrogen-bond donors (Lipinski definition) is 2. The first-order chi connectivity index (χ1) is 12.2. The Kier molecular flexibility index (Phi) is 11.6. The summed E-state index contributed by atoms with van der Waals surface area (Å²) in [7, 11) is 1.85. The van der Waals surface area contributed by atoms with E-state index in [-0.39, 0.29) is 24.0 Å². The molecule has 1 saturated carbocycles. The summed E-state index contributed by atoms with van der Waals surface area (Å²) < 4.78 is 0. The monoisotopic (exact) mass is 490 g/mol. The van der Waals surface area contributed by atoms with E-state index < -0.39 is 0 Å². The molecule has 0 spiro atoms. The van der Waals surface area contributed by atoms with Gasteiger partial charge in [0.05, 0.1) is 0 Å². The van der Waals surface area contributed by atoms with Gasteiger partial charge in [-0.3, -0.25) is 9.89 Å². The number of rotatable bonds is 8. The molecule has 2 atom stereocenters. The number of nitrogens with zero attached hydrogens (tertiary/aromatic N) is 2. The molecule has 148 valence electrons. The molecule has 0 radical (unpaired) electrons. The van der Waals surface area contributed by atoms with Crippen LogP contribution < -0.4 is 10.6 Å². The molecule has 2 unspecified atom stereocenters. The Labute approximate surface area is 181 Å². The van der Waals surface area contributed by atoms with Crippen LogP contribution in [0.25, 0.3) is 0 Å². The Bertz CT molecular complexity index is 548. The minimum atomic E-state index is 0. The highest BCUT2D eigenvalue weighted by Crippen LogP contribution is 2.28. The van der Waals surface area contributed by atoms with Crippen molar-refractivity contribution in [2.24, 2.45) is 4.99 Å². The van der Waals surface area contributed by atoms with Gasteiger partial charge in [0.25, 0.3) is 0 Å². The highest BCUT2D eigenvalue weighted by atomic mass is 127. The van der Waals surface area contributed by atoms with Crippen LogP contribution >= 0.6 is 35.7 Å². The molecular formula is C20H35IN4S. The van der Waals surface area contributed by atoms with Crippen molar-refractivity contribution in [2.45, 2.75) is 57.5 Å². The van der Waals surface area contributed by atoms with Crippen molar-refractivity contribution in [2.75, 3.05) is 26.4 Å². The number of guanidine groups is 1. The normalized spacial score (nSPS) is 20.1. The lowest BCUT2D eigenvalue weighted by Gasteiger charge is -2.19. The van der Waals surface area contributed by atoms with Gasteiger partial charge in [-0.25, -0.2) is 0 Å². The Balaban J connectivity index is 0.00000338. The third-order valence-corrected chi connectivity index (χ3v) is 6.13. The summed E-state index contributed by atoms with van der Waals surface area (Å²) in [6.07, 6.45) is 6.00. The predicted octanol–water partition coefficient (Wildman–Crippen LogP) is 4.10. The Hall–Kier alpha value is -0.470. The number of nitrogens with one attached hydrogen (secondary N) is 2. The maximum Gasteiger partial charge on any atom is 0.191 e. The second kappa shape index (κ2) is 12.8. The van der Waals surface area contributed by atoms with Gasteiger partial charge in [-0.1, -0.05) is 38.1 Å². The molecule has 2 rings (SSSR count). The molecule has 1 aliphatic carbocycles. The van der Waals surface area contributed by atoms with E-state index in [2.05, 4.69) is 64.9 Å². The molecule has 26 heavy (non-hydrogen) atoms. The van der Waals surface area contributed by atoms with Gasteiger partial charge in [0.2, 0.25) is 0 Å². The van der Waals surface area contributed by atoms with Gasteiger partial charge in [0.1, 0.15) is 0 Å². The van der Waals surface area contributed by atoms with E-state index in [1.54, 1.807) is 0 Å². The summed E-state index contributed by atoms with van der Waals surface area (Å²) in [5, 5.41) is 7.85. The molecule has 0 aromatic heterocycles. The molecule has 6 heteroatoms. The van der Waals surface area contributed by atoms with Crippen LogP contribution in [0.4, 0.5) is 0 Å². The average Bonchev–Trinajstić information content (AvgIpc) is 3.11. The molecule has 0 aliphatic heterocycles. The Morgan fingerprint density at radius 2 is 1.96 bits per heavy atom. The van der Waals surface area contributed by atoms with Crippen LogP contribution in [0.2, 0.25) is 0 Å². The van der Waals surface area contributed by atoms with Gasteiger partial charge in [0, 0.05) is 31.4 Å². The van der Waals surface area contributed by atoms with Crippen molar-refractivity contribution in [3.8, 4) is 0 Å². The van der Waals surface area contributed by atoms with Crippen LogP contribution in [0.15, 0.2) is 29.3 Å². The molecule has 4 nitrogen and oxygen atoms in total. The summed E-state index contributed by atoms with van der Waals surface area (Å²) in [6, 6.07) is 9.42. The van der Waals surface area contributed by atoms with Crippen LogP contribution in [-0.4, -0.2) is 48.5 Å². The quantitative estimate of drug-likeness (QED) is 0.327. The first-order valence-corrected chi connectivity index (χ1v) is 10.8. The lowest BCUT2D eigenvalue weighted by molar-refractivity contribution is 0.296. The minimum Gasteiger partial charge on any atom is -0.354 e. The summed E-state index contributed by atoms with van der Waals surface area (Å²) >= 11 is 1.99. The lowest BCUT2D eigenvalue weighted by atomic mass is 10.1. The molecular weight excluding hydrogens is 455 g/mol. The van der Waals surface area contributed by atoms with Crippen molar-refractivity contribution in [3.63, 3.8) is 0 Å². The molecule has 1 fully saturated rings. The maximum atomic E-state index is 4.39. The van der Waals surface area contributed by atoms with Gasteiger partial charge in [0.15, 0.2) is 5.96 Å². The molecule has 1 aromatic rings. The molecule has 1 aliphatic rings. The first-order valence-electron chi connectivity index (χ1n) is 9.48. The topological polar surface area (TPSA) is 39.7 Å². The smallest absolute Gasteiger partial charge is 0.191 e. The molecule has 0 saturated heterocycles. The van der Waals surface area contributed by atoms with E-state index in [0.717, 1.165) is 37.4 Å². The van der Waals surface area contributed by atoms with Gasteiger partial charge in [-0.15, -0.1) is 24.0 Å². The van der Waals surface area contributed by atoms with Crippen LogP contribution in [0.5, 0.6) is 0 Å². The number of halogens is 1. The minimum absolute atomic E-state index is 0. The van der Waals surface area contributed by atoms with Crippen molar-refractivity contribution in [3.05, 3.63) is 35.4 Å². The third kappa shape index (κ3) is 7.64. The third-order valence-electron chi connectivity index (χ3n) is 5.03. The fourth-order valence-electron chi connectivity index (χ4n) is 3.40. The second-order valence-corrected chi connectivity index (χ2v) is 7.86. The second-order valence-electron chi connectivity index (χ2n) is 6.72. The van der Waals surface area contributed by atoms with Crippen LogP contribution in [0.1, 0.15) is 44.2 Å². The van der Waals surface area contributed by atoms with Crippen molar-refractivity contribution in [1.29, 1.82) is 0 Å². The maximum absolute atomic E-state index is 4.39. The van der Waals surface area contributed by atoms with Gasteiger partial charge in [-0.2, -0.15) is 11.8 Å². The standard InChI is InChI=1S/C20H34N4S.HI/c1-5-24(6-2)15-17-9-7-8-16(12-17)14-22-20(21-3)23-18-10-11-19(13-18)25-4;/h7-9,12,18-19H,5-6,10-11,13-15H2,1-4H3,(H2,21,22,23);1H. The Morgan fingerprint density at radius 3 is 2.58 bits per heavy atom. The molecule has 1 aromatic carbocycles. The molecule has 0 amide bonds. The van der Waals surface area contributed by atoms with Gasteiger partial charge >= 0.3 is 0 Å². The fraction of sp³-hybridized carbons (Fsp3) is 0.650. The summed E-state index contributed by atoms with van der Waals surface area (Å²) in [5.74, 6) is 0.917. The van der Waals surface area contributed by atoms with Crippen LogP contribution in [0.3, 0.4) is 0 Å². The zero-order valence-electron chi connectivity index (χ0n) is 16.6. The van der Waals surface area contributed by atoms with E-state index in [1.807, 2.05) is 18.8 Å². The van der Waals surface area contributed by atoms with Gasteiger partial charge < -0.3 is 10.6 Å². The molecule has 0 bridgehead atoms. The largest absolute Gasteiger partial charge is 0.354 e. The zero-order chi connectivity index (χ0) is 18.1. The highest BCUT2D eigenvalue weighted by molar-refractivity contribution is 14.0.